The smallest absolute Gasteiger partial charge is 0.240 e. The third kappa shape index (κ3) is 3.48. The van der Waals surface area contributed by atoms with Crippen LogP contribution in [0.5, 0.6) is 0 Å². The van der Waals surface area contributed by atoms with Crippen LogP contribution in [0.1, 0.15) is 32.6 Å². The topological polar surface area (TPSA) is 89.4 Å². The molecule has 1 fully saturated rings. The Labute approximate surface area is 96.1 Å². The average Bonchev–Trinajstić information content (AvgIpc) is 2.14. The summed E-state index contributed by atoms with van der Waals surface area (Å²) in [4.78, 5) is 24.3. The molecule has 0 radical (unpaired) electrons. The monoisotopic (exact) mass is 227 g/mol. The van der Waals surface area contributed by atoms with Crippen molar-refractivity contribution in [3.05, 3.63) is 0 Å². The molecule has 1 aliphatic carbocycles. The zero-order valence-corrected chi connectivity index (χ0v) is 9.82. The fourth-order valence-electron chi connectivity index (χ4n) is 1.90. The van der Waals surface area contributed by atoms with Gasteiger partial charge in [0.15, 0.2) is 0 Å². The molecule has 5 nitrogen and oxygen atoms in total. The van der Waals surface area contributed by atoms with Crippen LogP contribution in [0.15, 0.2) is 0 Å². The minimum atomic E-state index is -0.780. The molecule has 0 aliphatic heterocycles. The van der Waals surface area contributed by atoms with Crippen LogP contribution < -0.4 is 11.5 Å². The van der Waals surface area contributed by atoms with Gasteiger partial charge in [0, 0.05) is 13.1 Å². The molecule has 0 aromatic heterocycles. The van der Waals surface area contributed by atoms with E-state index in [4.69, 9.17) is 11.5 Å². The van der Waals surface area contributed by atoms with E-state index in [2.05, 4.69) is 0 Å². The van der Waals surface area contributed by atoms with Gasteiger partial charge in [0.25, 0.3) is 0 Å². The van der Waals surface area contributed by atoms with Crippen molar-refractivity contribution in [1.82, 2.24) is 4.90 Å². The second-order valence-corrected chi connectivity index (χ2v) is 4.45. The number of hydrogen-bond donors (Lipinski definition) is 2. The lowest BCUT2D eigenvalue weighted by atomic mass is 9.85. The molecule has 1 unspecified atom stereocenters. The van der Waals surface area contributed by atoms with Gasteiger partial charge in [-0.05, 0) is 25.7 Å². The molecule has 4 N–H and O–H groups in total. The number of rotatable bonds is 6. The van der Waals surface area contributed by atoms with Gasteiger partial charge in [-0.25, -0.2) is 0 Å². The molecule has 2 amide bonds. The van der Waals surface area contributed by atoms with Gasteiger partial charge in [-0.3, -0.25) is 9.59 Å². The Balaban J connectivity index is 2.43. The Morgan fingerprint density at radius 2 is 2.06 bits per heavy atom. The van der Waals surface area contributed by atoms with Gasteiger partial charge in [0.05, 0.1) is 12.5 Å². The number of likely N-dealkylation sites (N-methyl/N-ethyl adjacent to an activating group) is 1. The fourth-order valence-corrected chi connectivity index (χ4v) is 1.90. The molecule has 0 aromatic carbocycles. The van der Waals surface area contributed by atoms with Crippen molar-refractivity contribution in [3.63, 3.8) is 0 Å². The molecule has 0 saturated heterocycles. The second kappa shape index (κ2) is 5.84. The lowest BCUT2D eigenvalue weighted by molar-refractivity contribution is -0.135. The van der Waals surface area contributed by atoms with E-state index in [-0.39, 0.29) is 12.3 Å². The van der Waals surface area contributed by atoms with Gasteiger partial charge in [-0.2, -0.15) is 0 Å². The zero-order valence-electron chi connectivity index (χ0n) is 9.82. The van der Waals surface area contributed by atoms with Crippen LogP contribution in [0.4, 0.5) is 0 Å². The van der Waals surface area contributed by atoms with Gasteiger partial charge in [-0.15, -0.1) is 0 Å². The lowest BCUT2D eigenvalue weighted by Gasteiger charge is -2.32. The maximum Gasteiger partial charge on any atom is 0.240 e. The zero-order chi connectivity index (χ0) is 12.1. The van der Waals surface area contributed by atoms with E-state index in [1.165, 1.54) is 19.3 Å². The number of amides is 2. The molecule has 0 bridgehead atoms. The summed E-state index contributed by atoms with van der Waals surface area (Å²) in [5.41, 5.74) is 10.7. The summed E-state index contributed by atoms with van der Waals surface area (Å²) in [5.74, 6) is -0.0709. The molecular weight excluding hydrogens is 206 g/mol. The van der Waals surface area contributed by atoms with Crippen molar-refractivity contribution in [2.75, 3.05) is 13.1 Å². The largest absolute Gasteiger partial charge is 0.370 e. The number of hydrogen-bond acceptors (Lipinski definition) is 3. The van der Waals surface area contributed by atoms with Crippen molar-refractivity contribution in [2.45, 2.75) is 38.6 Å². The summed E-state index contributed by atoms with van der Waals surface area (Å²) in [6.45, 7) is 3.33. The maximum atomic E-state index is 11.9. The Morgan fingerprint density at radius 3 is 2.44 bits per heavy atom. The predicted octanol–water partition coefficient (Wildman–Crippen LogP) is -0.162. The molecule has 1 saturated carbocycles. The van der Waals surface area contributed by atoms with E-state index < -0.39 is 11.9 Å². The van der Waals surface area contributed by atoms with Crippen LogP contribution in [0.3, 0.4) is 0 Å². The molecule has 16 heavy (non-hydrogen) atoms. The van der Waals surface area contributed by atoms with Crippen LogP contribution in [-0.2, 0) is 9.59 Å². The van der Waals surface area contributed by atoms with Crippen LogP contribution in [0.2, 0.25) is 0 Å². The van der Waals surface area contributed by atoms with Crippen LogP contribution >= 0.6 is 0 Å². The molecule has 1 rings (SSSR count). The average molecular weight is 227 g/mol. The molecule has 5 heteroatoms. The van der Waals surface area contributed by atoms with Crippen LogP contribution in [0.25, 0.3) is 0 Å². The van der Waals surface area contributed by atoms with E-state index in [1.54, 1.807) is 4.90 Å². The fraction of sp³-hybridized carbons (Fsp3) is 0.818. The van der Waals surface area contributed by atoms with Gasteiger partial charge < -0.3 is 16.4 Å². The van der Waals surface area contributed by atoms with Gasteiger partial charge in [0.1, 0.15) is 0 Å². The Hall–Kier alpha value is -1.10. The highest BCUT2D eigenvalue weighted by molar-refractivity contribution is 5.87. The van der Waals surface area contributed by atoms with E-state index in [0.29, 0.717) is 12.5 Å². The summed E-state index contributed by atoms with van der Waals surface area (Å²) in [5, 5.41) is 0. The highest BCUT2D eigenvalue weighted by atomic mass is 16.2. The van der Waals surface area contributed by atoms with Crippen molar-refractivity contribution in [1.29, 1.82) is 0 Å². The Morgan fingerprint density at radius 1 is 1.44 bits per heavy atom. The van der Waals surface area contributed by atoms with Gasteiger partial charge >= 0.3 is 0 Å². The quantitative estimate of drug-likeness (QED) is 0.660. The summed E-state index contributed by atoms with van der Waals surface area (Å²) in [7, 11) is 0. The third-order valence-electron chi connectivity index (χ3n) is 3.14. The van der Waals surface area contributed by atoms with Gasteiger partial charge in [0.2, 0.25) is 11.8 Å². The Bertz CT molecular complexity index is 264. The third-order valence-corrected chi connectivity index (χ3v) is 3.14. The summed E-state index contributed by atoms with van der Waals surface area (Å²) in [6.07, 6.45) is 3.56. The molecular formula is C11H21N3O2. The number of nitrogens with two attached hydrogens (primary N) is 2. The van der Waals surface area contributed by atoms with Crippen molar-refractivity contribution in [2.24, 2.45) is 17.4 Å². The highest BCUT2D eigenvalue weighted by Gasteiger charge is 2.26. The molecule has 1 aliphatic rings. The molecule has 1 atom stereocenters. The lowest BCUT2D eigenvalue weighted by Crippen LogP contribution is -2.47. The van der Waals surface area contributed by atoms with Gasteiger partial charge in [-0.1, -0.05) is 6.42 Å². The summed E-state index contributed by atoms with van der Waals surface area (Å²) < 4.78 is 0. The Kier molecular flexibility index (Phi) is 4.73. The van der Waals surface area contributed by atoms with Crippen molar-refractivity contribution in [3.8, 4) is 0 Å². The molecule has 0 heterocycles. The molecule has 92 valence electrons. The van der Waals surface area contributed by atoms with Crippen LogP contribution in [0, 0.1) is 5.92 Å². The first-order valence-electron chi connectivity index (χ1n) is 5.87. The number of carbonyl (C=O) groups excluding carboxylic acids is 2. The first kappa shape index (κ1) is 13.0. The van der Waals surface area contributed by atoms with E-state index in [1.807, 2.05) is 6.92 Å². The minimum absolute atomic E-state index is 0.0694. The summed E-state index contributed by atoms with van der Waals surface area (Å²) in [6, 6.07) is -0.780. The SMILES string of the molecule is CCN(CC1CCC1)C(=O)C(N)CC(N)=O. The van der Waals surface area contributed by atoms with E-state index >= 15 is 0 Å². The first-order valence-corrected chi connectivity index (χ1v) is 5.87. The second-order valence-electron chi connectivity index (χ2n) is 4.45. The van der Waals surface area contributed by atoms with Crippen molar-refractivity contribution < 1.29 is 9.59 Å². The van der Waals surface area contributed by atoms with Crippen molar-refractivity contribution >= 4 is 11.8 Å². The predicted molar refractivity (Wildman–Crippen MR) is 61.4 cm³/mol. The van der Waals surface area contributed by atoms with Crippen LogP contribution in [-0.4, -0.2) is 35.8 Å². The maximum absolute atomic E-state index is 11.9. The highest BCUT2D eigenvalue weighted by Crippen LogP contribution is 2.27. The number of primary amides is 1. The molecule has 0 aromatic rings. The minimum Gasteiger partial charge on any atom is -0.370 e. The first-order chi connectivity index (χ1) is 7.54. The number of nitrogens with zero attached hydrogens (tertiary/aromatic N) is 1. The normalized spacial score (nSPS) is 17.6. The van der Waals surface area contributed by atoms with E-state index in [0.717, 1.165) is 6.54 Å². The molecule has 0 spiro atoms. The number of carbonyl (C=O) groups is 2. The standard InChI is InChI=1S/C11H21N3O2/c1-2-14(7-8-4-3-5-8)11(16)9(12)6-10(13)15/h8-9H,2-7,12H2,1H3,(H2,13,15). The summed E-state index contributed by atoms with van der Waals surface area (Å²) >= 11 is 0. The van der Waals surface area contributed by atoms with E-state index in [9.17, 15) is 9.59 Å².